The zero-order valence-corrected chi connectivity index (χ0v) is 12.1. The van der Waals surface area contributed by atoms with Crippen molar-refractivity contribution in [2.75, 3.05) is 11.9 Å². The van der Waals surface area contributed by atoms with Gasteiger partial charge in [0.05, 0.1) is 23.9 Å². The smallest absolute Gasteiger partial charge is 0.251 e. The number of rotatable bonds is 4. The molecule has 0 radical (unpaired) electrons. The number of benzene rings is 2. The molecule has 0 bridgehead atoms. The third-order valence-corrected chi connectivity index (χ3v) is 2.99. The van der Waals surface area contributed by atoms with Crippen molar-refractivity contribution in [3.63, 3.8) is 0 Å². The molecule has 2 aromatic rings. The molecule has 122 valence electrons. The highest BCUT2D eigenvalue weighted by atomic mass is 19.2. The van der Waals surface area contributed by atoms with Crippen LogP contribution in [0.25, 0.3) is 0 Å². The van der Waals surface area contributed by atoms with E-state index in [2.05, 4.69) is 5.32 Å². The number of hydrogen-bond donors (Lipinski definition) is 2. The Bertz CT molecular complexity index is 830. The topological polar surface area (TPSA) is 82.0 Å². The molecule has 5 nitrogen and oxygen atoms in total. The fraction of sp³-hybridized carbons (Fsp3) is 0.0625. The van der Waals surface area contributed by atoms with Crippen LogP contribution in [0.15, 0.2) is 36.4 Å². The average Bonchev–Trinajstić information content (AvgIpc) is 2.60. The number of hydrogen-bond acceptors (Lipinski definition) is 3. The van der Waals surface area contributed by atoms with E-state index in [0.29, 0.717) is 11.6 Å². The Hall–Kier alpha value is -3.34. The minimum absolute atomic E-state index is 0.223. The zero-order valence-electron chi connectivity index (χ0n) is 12.1. The predicted octanol–water partition coefficient (Wildman–Crippen LogP) is 2.34. The summed E-state index contributed by atoms with van der Waals surface area (Å²) >= 11 is 0. The summed E-state index contributed by atoms with van der Waals surface area (Å²) < 4.78 is 39.2. The Balaban J connectivity index is 1.94. The zero-order chi connectivity index (χ0) is 17.7. The first-order valence-electron chi connectivity index (χ1n) is 6.64. The van der Waals surface area contributed by atoms with Crippen molar-refractivity contribution in [3.05, 3.63) is 65.0 Å². The number of amides is 2. The Morgan fingerprint density at radius 2 is 1.67 bits per heavy atom. The van der Waals surface area contributed by atoms with Crippen LogP contribution in [0.4, 0.5) is 18.9 Å². The minimum atomic E-state index is -1.70. The summed E-state index contributed by atoms with van der Waals surface area (Å²) in [6, 6.07) is 9.11. The summed E-state index contributed by atoms with van der Waals surface area (Å²) in [5.41, 5.74) is 0.0606. The van der Waals surface area contributed by atoms with Gasteiger partial charge in [-0.15, -0.1) is 0 Å². The van der Waals surface area contributed by atoms with Crippen LogP contribution in [0.3, 0.4) is 0 Å². The molecule has 2 aromatic carbocycles. The summed E-state index contributed by atoms with van der Waals surface area (Å²) in [4.78, 5) is 23.5. The molecule has 0 unspecified atom stereocenters. The van der Waals surface area contributed by atoms with Crippen LogP contribution in [0.5, 0.6) is 0 Å². The van der Waals surface area contributed by atoms with E-state index in [-0.39, 0.29) is 5.56 Å². The van der Waals surface area contributed by atoms with Crippen molar-refractivity contribution < 1.29 is 22.8 Å². The van der Waals surface area contributed by atoms with E-state index in [0.717, 1.165) is 6.07 Å². The lowest BCUT2D eigenvalue weighted by Gasteiger charge is -2.08. The second-order valence-corrected chi connectivity index (χ2v) is 4.64. The van der Waals surface area contributed by atoms with E-state index >= 15 is 0 Å². The Morgan fingerprint density at radius 3 is 2.29 bits per heavy atom. The summed E-state index contributed by atoms with van der Waals surface area (Å²) in [6.07, 6.45) is 0. The molecule has 2 N–H and O–H groups in total. The van der Waals surface area contributed by atoms with Gasteiger partial charge in [-0.3, -0.25) is 9.59 Å². The van der Waals surface area contributed by atoms with E-state index in [9.17, 15) is 22.8 Å². The lowest BCUT2D eigenvalue weighted by molar-refractivity contribution is -0.115. The number of nitrogens with one attached hydrogen (secondary N) is 2. The van der Waals surface area contributed by atoms with Gasteiger partial charge in [-0.05, 0) is 36.4 Å². The second kappa shape index (κ2) is 7.28. The maximum Gasteiger partial charge on any atom is 0.251 e. The summed E-state index contributed by atoms with van der Waals surface area (Å²) in [6.45, 7) is -0.503. The van der Waals surface area contributed by atoms with Gasteiger partial charge in [0.1, 0.15) is 0 Å². The van der Waals surface area contributed by atoms with Crippen molar-refractivity contribution in [2.45, 2.75) is 0 Å². The second-order valence-electron chi connectivity index (χ2n) is 4.64. The first-order valence-corrected chi connectivity index (χ1v) is 6.64. The van der Waals surface area contributed by atoms with E-state index in [1.165, 1.54) is 24.3 Å². The molecule has 8 heteroatoms. The van der Waals surface area contributed by atoms with Crippen LogP contribution >= 0.6 is 0 Å². The van der Waals surface area contributed by atoms with Gasteiger partial charge in [-0.1, -0.05) is 0 Å². The summed E-state index contributed by atoms with van der Waals surface area (Å²) in [5.74, 6) is -6.00. The fourth-order valence-corrected chi connectivity index (χ4v) is 1.78. The van der Waals surface area contributed by atoms with E-state index in [1.807, 2.05) is 11.4 Å². The molecule has 0 aliphatic carbocycles. The molecule has 2 amide bonds. The molecule has 24 heavy (non-hydrogen) atoms. The first-order chi connectivity index (χ1) is 11.4. The fourth-order valence-electron chi connectivity index (χ4n) is 1.78. The van der Waals surface area contributed by atoms with Gasteiger partial charge in [-0.25, -0.2) is 13.2 Å². The molecule has 0 aromatic heterocycles. The Morgan fingerprint density at radius 1 is 1.00 bits per heavy atom. The molecule has 0 aliphatic heterocycles. The Kier molecular flexibility index (Phi) is 5.16. The van der Waals surface area contributed by atoms with Gasteiger partial charge in [0.2, 0.25) is 5.91 Å². The van der Waals surface area contributed by atoms with Crippen LogP contribution < -0.4 is 10.6 Å². The Labute approximate surface area is 134 Å². The molecular weight excluding hydrogens is 323 g/mol. The van der Waals surface area contributed by atoms with Gasteiger partial charge >= 0.3 is 0 Å². The molecule has 0 heterocycles. The van der Waals surface area contributed by atoms with E-state index in [4.69, 9.17) is 5.26 Å². The number of carbonyl (C=O) groups excluding carboxylic acids is 2. The maximum absolute atomic E-state index is 13.4. The molecule has 0 aliphatic rings. The average molecular weight is 333 g/mol. The number of nitriles is 1. The highest BCUT2D eigenvalue weighted by Gasteiger charge is 2.15. The number of nitrogens with zero attached hydrogens (tertiary/aromatic N) is 1. The van der Waals surface area contributed by atoms with E-state index < -0.39 is 41.5 Å². The van der Waals surface area contributed by atoms with Crippen LogP contribution in [-0.2, 0) is 4.79 Å². The molecular formula is C16H10F3N3O2. The highest BCUT2D eigenvalue weighted by Crippen LogP contribution is 2.19. The van der Waals surface area contributed by atoms with Crippen LogP contribution in [0.1, 0.15) is 15.9 Å². The largest absolute Gasteiger partial charge is 0.343 e. The predicted molar refractivity (Wildman–Crippen MR) is 78.4 cm³/mol. The van der Waals surface area contributed by atoms with E-state index in [1.54, 1.807) is 0 Å². The van der Waals surface area contributed by atoms with Crippen molar-refractivity contribution in [1.29, 1.82) is 5.26 Å². The van der Waals surface area contributed by atoms with Crippen molar-refractivity contribution >= 4 is 17.5 Å². The standard InChI is InChI=1S/C16H10F3N3O2/c17-11-5-6-12(15(19)14(11)18)22-13(23)8-21-16(24)10-3-1-9(7-20)2-4-10/h1-6H,8H2,(H,21,24)(H,22,23). The lowest BCUT2D eigenvalue weighted by atomic mass is 10.1. The number of carbonyl (C=O) groups is 2. The SMILES string of the molecule is N#Cc1ccc(C(=O)NCC(=O)Nc2ccc(F)c(F)c2F)cc1. The van der Waals surface area contributed by atoms with Crippen LogP contribution in [0, 0.1) is 28.8 Å². The molecule has 0 saturated carbocycles. The molecule has 2 rings (SSSR count). The van der Waals surface area contributed by atoms with Gasteiger partial charge in [0, 0.05) is 5.56 Å². The van der Waals surface area contributed by atoms with Crippen molar-refractivity contribution in [3.8, 4) is 6.07 Å². The van der Waals surface area contributed by atoms with Gasteiger partial charge in [0.15, 0.2) is 17.5 Å². The minimum Gasteiger partial charge on any atom is -0.343 e. The van der Waals surface area contributed by atoms with Gasteiger partial charge in [-0.2, -0.15) is 5.26 Å². The van der Waals surface area contributed by atoms with Crippen molar-refractivity contribution in [1.82, 2.24) is 5.32 Å². The first kappa shape index (κ1) is 17.0. The maximum atomic E-state index is 13.4. The van der Waals surface area contributed by atoms with Crippen LogP contribution in [0.2, 0.25) is 0 Å². The quantitative estimate of drug-likeness (QED) is 0.843. The van der Waals surface area contributed by atoms with Crippen LogP contribution in [-0.4, -0.2) is 18.4 Å². The van der Waals surface area contributed by atoms with Gasteiger partial charge in [0.25, 0.3) is 5.91 Å². The monoisotopic (exact) mass is 333 g/mol. The lowest BCUT2D eigenvalue weighted by Crippen LogP contribution is -2.33. The van der Waals surface area contributed by atoms with Crippen molar-refractivity contribution in [2.24, 2.45) is 0 Å². The molecule has 0 fully saturated rings. The number of halogens is 3. The van der Waals surface area contributed by atoms with Gasteiger partial charge < -0.3 is 10.6 Å². The third-order valence-electron chi connectivity index (χ3n) is 2.99. The summed E-state index contributed by atoms with van der Waals surface area (Å²) in [7, 11) is 0. The molecule has 0 spiro atoms. The third kappa shape index (κ3) is 3.89. The highest BCUT2D eigenvalue weighted by molar-refractivity contribution is 5.99. The molecule has 0 atom stereocenters. The normalized spacial score (nSPS) is 9.92. The number of anilines is 1. The summed E-state index contributed by atoms with van der Waals surface area (Å²) in [5, 5.41) is 13.0. The molecule has 0 saturated heterocycles.